The maximum atomic E-state index is 9.26. The Morgan fingerprint density at radius 2 is 1.95 bits per heavy atom. The Kier molecular flexibility index (Phi) is 5.59. The van der Waals surface area contributed by atoms with E-state index in [1.165, 1.54) is 5.56 Å². The summed E-state index contributed by atoms with van der Waals surface area (Å²) in [4.78, 5) is 0. The highest BCUT2D eigenvalue weighted by Gasteiger charge is 2.07. The Morgan fingerprint density at radius 1 is 1.15 bits per heavy atom. The molecule has 0 radical (unpaired) electrons. The summed E-state index contributed by atoms with van der Waals surface area (Å²) < 4.78 is 5.43. The molecule has 2 rings (SSSR count). The topological polar surface area (TPSA) is 49.7 Å². The SMILES string of the molecule is OCC(O)COC1=CC=CC(Cc2ccccc2)C=C1. The molecule has 1 aliphatic rings. The molecule has 0 aliphatic heterocycles. The molecule has 1 aromatic rings. The van der Waals surface area contributed by atoms with Gasteiger partial charge in [0.1, 0.15) is 18.5 Å². The lowest BCUT2D eigenvalue weighted by molar-refractivity contribution is 0.0329. The van der Waals surface area contributed by atoms with Gasteiger partial charge in [-0.15, -0.1) is 0 Å². The van der Waals surface area contributed by atoms with Crippen LogP contribution in [0.2, 0.25) is 0 Å². The van der Waals surface area contributed by atoms with Gasteiger partial charge in [-0.1, -0.05) is 48.6 Å². The molecule has 20 heavy (non-hydrogen) atoms. The van der Waals surface area contributed by atoms with E-state index < -0.39 is 6.10 Å². The van der Waals surface area contributed by atoms with E-state index in [0.29, 0.717) is 11.7 Å². The first-order valence-electron chi connectivity index (χ1n) is 6.80. The van der Waals surface area contributed by atoms with E-state index >= 15 is 0 Å². The number of allylic oxidation sites excluding steroid dienone is 5. The third-order valence-corrected chi connectivity index (χ3v) is 3.09. The Balaban J connectivity index is 1.89. The van der Waals surface area contributed by atoms with Crippen molar-refractivity contribution < 1.29 is 14.9 Å². The van der Waals surface area contributed by atoms with Crippen molar-refractivity contribution in [1.82, 2.24) is 0 Å². The first-order chi connectivity index (χ1) is 9.78. The molecule has 2 unspecified atom stereocenters. The fourth-order valence-electron chi connectivity index (χ4n) is 1.99. The predicted octanol–water partition coefficient (Wildman–Crippen LogP) is 2.23. The van der Waals surface area contributed by atoms with Gasteiger partial charge in [0.25, 0.3) is 0 Å². The van der Waals surface area contributed by atoms with Crippen LogP contribution >= 0.6 is 0 Å². The van der Waals surface area contributed by atoms with Crippen molar-refractivity contribution >= 4 is 0 Å². The summed E-state index contributed by atoms with van der Waals surface area (Å²) in [7, 11) is 0. The fraction of sp³-hybridized carbons (Fsp3) is 0.294. The second-order valence-electron chi connectivity index (χ2n) is 4.81. The van der Waals surface area contributed by atoms with Crippen molar-refractivity contribution in [2.45, 2.75) is 12.5 Å². The third kappa shape index (κ3) is 4.68. The molecule has 3 heteroatoms. The number of benzene rings is 1. The van der Waals surface area contributed by atoms with Crippen LogP contribution in [0.4, 0.5) is 0 Å². The molecule has 0 amide bonds. The summed E-state index contributed by atoms with van der Waals surface area (Å²) >= 11 is 0. The van der Waals surface area contributed by atoms with Crippen LogP contribution in [0, 0.1) is 5.92 Å². The highest BCUT2D eigenvalue weighted by atomic mass is 16.5. The van der Waals surface area contributed by atoms with Crippen molar-refractivity contribution in [3.63, 3.8) is 0 Å². The molecule has 1 aliphatic carbocycles. The van der Waals surface area contributed by atoms with Crippen LogP contribution in [0.1, 0.15) is 5.56 Å². The first-order valence-corrected chi connectivity index (χ1v) is 6.80. The molecule has 0 bridgehead atoms. The number of ether oxygens (including phenoxy) is 1. The monoisotopic (exact) mass is 272 g/mol. The van der Waals surface area contributed by atoms with Crippen LogP contribution in [-0.4, -0.2) is 29.5 Å². The summed E-state index contributed by atoms with van der Waals surface area (Å²) in [5, 5.41) is 18.0. The maximum Gasteiger partial charge on any atom is 0.119 e. The van der Waals surface area contributed by atoms with E-state index in [1.807, 2.05) is 36.4 Å². The van der Waals surface area contributed by atoms with Gasteiger partial charge in [0.05, 0.1) is 6.61 Å². The summed E-state index contributed by atoms with van der Waals surface area (Å²) in [6, 6.07) is 10.3. The van der Waals surface area contributed by atoms with Crippen molar-refractivity contribution in [2.75, 3.05) is 13.2 Å². The van der Waals surface area contributed by atoms with Gasteiger partial charge in [0.2, 0.25) is 0 Å². The van der Waals surface area contributed by atoms with Gasteiger partial charge >= 0.3 is 0 Å². The maximum absolute atomic E-state index is 9.26. The van der Waals surface area contributed by atoms with Crippen LogP contribution in [0.25, 0.3) is 0 Å². The third-order valence-electron chi connectivity index (χ3n) is 3.09. The molecule has 3 nitrogen and oxygen atoms in total. The molecule has 0 spiro atoms. The van der Waals surface area contributed by atoms with Gasteiger partial charge in [-0.25, -0.2) is 0 Å². The lowest BCUT2D eigenvalue weighted by atomic mass is 9.99. The summed E-state index contributed by atoms with van der Waals surface area (Å²) in [6.45, 7) is -0.187. The Labute approximate surface area is 119 Å². The van der Waals surface area contributed by atoms with Gasteiger partial charge < -0.3 is 14.9 Å². The lowest BCUT2D eigenvalue weighted by Gasteiger charge is -2.10. The Morgan fingerprint density at radius 3 is 2.70 bits per heavy atom. The number of aliphatic hydroxyl groups excluding tert-OH is 2. The van der Waals surface area contributed by atoms with Gasteiger partial charge in [0.15, 0.2) is 0 Å². The largest absolute Gasteiger partial charge is 0.491 e. The first kappa shape index (κ1) is 14.6. The van der Waals surface area contributed by atoms with Crippen LogP contribution in [0.3, 0.4) is 0 Å². The number of hydrogen-bond donors (Lipinski definition) is 2. The average Bonchev–Trinajstić information content (AvgIpc) is 2.71. The Bertz CT molecular complexity index is 488. The minimum Gasteiger partial charge on any atom is -0.491 e. The zero-order valence-corrected chi connectivity index (χ0v) is 11.4. The minimum atomic E-state index is -0.836. The second kappa shape index (κ2) is 7.68. The molecule has 2 atom stereocenters. The average molecular weight is 272 g/mol. The smallest absolute Gasteiger partial charge is 0.119 e. The van der Waals surface area contributed by atoms with Crippen LogP contribution in [0.15, 0.2) is 66.5 Å². The van der Waals surface area contributed by atoms with Gasteiger partial charge in [-0.2, -0.15) is 0 Å². The molecular weight excluding hydrogens is 252 g/mol. The minimum absolute atomic E-state index is 0.101. The van der Waals surface area contributed by atoms with Gasteiger partial charge in [0, 0.05) is 0 Å². The summed E-state index contributed by atoms with van der Waals surface area (Å²) in [5.41, 5.74) is 1.30. The summed E-state index contributed by atoms with van der Waals surface area (Å²) in [5.74, 6) is 1.03. The van der Waals surface area contributed by atoms with E-state index in [4.69, 9.17) is 9.84 Å². The fourth-order valence-corrected chi connectivity index (χ4v) is 1.99. The zero-order chi connectivity index (χ0) is 14.2. The molecular formula is C17H20O3. The van der Waals surface area contributed by atoms with E-state index in [1.54, 1.807) is 0 Å². The van der Waals surface area contributed by atoms with E-state index in [9.17, 15) is 5.11 Å². The van der Waals surface area contributed by atoms with E-state index in [2.05, 4.69) is 24.3 Å². The van der Waals surface area contributed by atoms with E-state index in [0.717, 1.165) is 6.42 Å². The zero-order valence-electron chi connectivity index (χ0n) is 11.4. The second-order valence-corrected chi connectivity index (χ2v) is 4.81. The molecule has 0 saturated heterocycles. The molecule has 0 heterocycles. The Hall–Kier alpha value is -1.84. The van der Waals surface area contributed by atoms with Gasteiger partial charge in [-0.05, 0) is 30.1 Å². The molecule has 106 valence electrons. The lowest BCUT2D eigenvalue weighted by Crippen LogP contribution is -2.18. The van der Waals surface area contributed by atoms with E-state index in [-0.39, 0.29) is 13.2 Å². The van der Waals surface area contributed by atoms with Crippen molar-refractivity contribution in [3.05, 3.63) is 72.0 Å². The molecule has 1 aromatic carbocycles. The normalized spacial score (nSPS) is 19.3. The summed E-state index contributed by atoms with van der Waals surface area (Å²) in [6.07, 6.45) is 10.1. The standard InChI is InChI=1S/C17H20O3/c18-12-16(19)13-20-17-8-4-7-15(9-10-17)11-14-5-2-1-3-6-14/h1-10,15-16,18-19H,11-13H2. The highest BCUT2D eigenvalue weighted by molar-refractivity contribution is 5.27. The van der Waals surface area contributed by atoms with Crippen molar-refractivity contribution in [2.24, 2.45) is 5.92 Å². The van der Waals surface area contributed by atoms with Crippen LogP contribution in [-0.2, 0) is 11.2 Å². The van der Waals surface area contributed by atoms with Crippen molar-refractivity contribution in [3.8, 4) is 0 Å². The van der Waals surface area contributed by atoms with Gasteiger partial charge in [-0.3, -0.25) is 0 Å². The molecule has 0 aromatic heterocycles. The van der Waals surface area contributed by atoms with Crippen LogP contribution in [0.5, 0.6) is 0 Å². The predicted molar refractivity (Wildman–Crippen MR) is 79.0 cm³/mol. The molecule has 0 fully saturated rings. The number of aliphatic hydroxyl groups is 2. The van der Waals surface area contributed by atoms with Crippen molar-refractivity contribution in [1.29, 1.82) is 0 Å². The quantitative estimate of drug-likeness (QED) is 0.835. The number of hydrogen-bond acceptors (Lipinski definition) is 3. The number of rotatable bonds is 6. The molecule has 2 N–H and O–H groups in total. The van der Waals surface area contributed by atoms with Crippen LogP contribution < -0.4 is 0 Å². The highest BCUT2D eigenvalue weighted by Crippen LogP contribution is 2.16. The molecule has 0 saturated carbocycles.